The quantitative estimate of drug-likeness (QED) is 0.529. The fraction of sp³-hybridized carbons (Fsp3) is 0.263. The van der Waals surface area contributed by atoms with E-state index in [0.717, 1.165) is 23.4 Å². The van der Waals surface area contributed by atoms with Crippen LogP contribution < -0.4 is 5.32 Å². The van der Waals surface area contributed by atoms with Crippen LogP contribution in [0.15, 0.2) is 48.5 Å². The zero-order valence-electron chi connectivity index (χ0n) is 14.5. The zero-order valence-corrected chi connectivity index (χ0v) is 15.3. The molecule has 1 aliphatic heterocycles. The SMILES string of the molecule is O=C(Nc1ccccc1[N+](=O)[O-])N1CCC(c2nc3ccccc3s2)CC1. The van der Waals surface area contributed by atoms with Crippen LogP contribution in [0.5, 0.6) is 0 Å². The van der Waals surface area contributed by atoms with Gasteiger partial charge in [-0.1, -0.05) is 24.3 Å². The van der Waals surface area contributed by atoms with E-state index in [0.29, 0.717) is 19.0 Å². The van der Waals surface area contributed by atoms with Gasteiger partial charge in [-0.3, -0.25) is 10.1 Å². The third-order valence-corrected chi connectivity index (χ3v) is 5.98. The first-order valence-corrected chi connectivity index (χ1v) is 9.58. The van der Waals surface area contributed by atoms with Crippen LogP contribution >= 0.6 is 11.3 Å². The molecule has 1 aliphatic rings. The summed E-state index contributed by atoms with van der Waals surface area (Å²) in [5.41, 5.74) is 1.14. The number of hydrogen-bond acceptors (Lipinski definition) is 5. The number of anilines is 1. The van der Waals surface area contributed by atoms with Gasteiger partial charge in [0.1, 0.15) is 5.69 Å². The molecule has 4 rings (SSSR count). The third-order valence-electron chi connectivity index (χ3n) is 4.78. The minimum absolute atomic E-state index is 0.102. The lowest BCUT2D eigenvalue weighted by atomic mass is 9.98. The minimum Gasteiger partial charge on any atom is -0.324 e. The molecule has 138 valence electrons. The van der Waals surface area contributed by atoms with E-state index >= 15 is 0 Å². The van der Waals surface area contributed by atoms with Gasteiger partial charge in [-0.25, -0.2) is 9.78 Å². The number of nitro groups is 1. The van der Waals surface area contributed by atoms with E-state index in [4.69, 9.17) is 4.98 Å². The highest BCUT2D eigenvalue weighted by atomic mass is 32.1. The van der Waals surface area contributed by atoms with Crippen molar-refractivity contribution in [2.24, 2.45) is 0 Å². The summed E-state index contributed by atoms with van der Waals surface area (Å²) in [4.78, 5) is 29.5. The van der Waals surface area contributed by atoms with Gasteiger partial charge in [0.05, 0.1) is 20.1 Å². The highest BCUT2D eigenvalue weighted by molar-refractivity contribution is 7.18. The van der Waals surface area contributed by atoms with Crippen molar-refractivity contribution in [3.05, 3.63) is 63.7 Å². The van der Waals surface area contributed by atoms with Crippen molar-refractivity contribution < 1.29 is 9.72 Å². The largest absolute Gasteiger partial charge is 0.324 e. The van der Waals surface area contributed by atoms with E-state index in [1.807, 2.05) is 18.2 Å². The number of nitrogens with zero attached hydrogens (tertiary/aromatic N) is 3. The Bertz CT molecular complexity index is 962. The maximum atomic E-state index is 12.5. The number of urea groups is 1. The van der Waals surface area contributed by atoms with Gasteiger partial charge in [0.25, 0.3) is 5.69 Å². The van der Waals surface area contributed by atoms with Crippen LogP contribution in [0.25, 0.3) is 10.2 Å². The summed E-state index contributed by atoms with van der Waals surface area (Å²) in [6, 6.07) is 14.0. The van der Waals surface area contributed by atoms with Gasteiger partial charge in [0.15, 0.2) is 0 Å². The summed E-state index contributed by atoms with van der Waals surface area (Å²) >= 11 is 1.72. The normalized spacial score (nSPS) is 15.0. The molecule has 7 nitrogen and oxygen atoms in total. The molecule has 1 fully saturated rings. The van der Waals surface area contributed by atoms with Crippen LogP contribution in [0.1, 0.15) is 23.8 Å². The Morgan fingerprint density at radius 3 is 2.59 bits per heavy atom. The van der Waals surface area contributed by atoms with Crippen LogP contribution in [0.4, 0.5) is 16.2 Å². The molecule has 3 aromatic rings. The van der Waals surface area contributed by atoms with Crippen molar-refractivity contribution in [1.29, 1.82) is 0 Å². The Hall–Kier alpha value is -3.00. The van der Waals surface area contributed by atoms with Crippen LogP contribution in [0.3, 0.4) is 0 Å². The maximum absolute atomic E-state index is 12.5. The summed E-state index contributed by atoms with van der Waals surface area (Å²) in [6.45, 7) is 1.21. The lowest BCUT2D eigenvalue weighted by molar-refractivity contribution is -0.383. The van der Waals surface area contributed by atoms with Gasteiger partial charge in [-0.15, -0.1) is 11.3 Å². The molecule has 0 radical (unpaired) electrons. The smallest absolute Gasteiger partial charge is 0.322 e. The first-order chi connectivity index (χ1) is 13.1. The predicted octanol–water partition coefficient (Wildman–Crippen LogP) is 4.62. The first-order valence-electron chi connectivity index (χ1n) is 8.76. The molecular weight excluding hydrogens is 364 g/mol. The van der Waals surface area contributed by atoms with Gasteiger partial charge >= 0.3 is 6.03 Å². The molecular formula is C19H18N4O3S. The van der Waals surface area contributed by atoms with Gasteiger partial charge in [-0.2, -0.15) is 0 Å². The molecule has 0 bridgehead atoms. The molecule has 1 N–H and O–H groups in total. The molecule has 2 heterocycles. The number of nitro benzene ring substituents is 1. The van der Waals surface area contributed by atoms with Crippen molar-refractivity contribution in [2.45, 2.75) is 18.8 Å². The average molecular weight is 382 g/mol. The van der Waals surface area contributed by atoms with Crippen LogP contribution in [0, 0.1) is 10.1 Å². The second kappa shape index (κ2) is 7.32. The number of carbonyl (C=O) groups is 1. The lowest BCUT2D eigenvalue weighted by Crippen LogP contribution is -2.40. The highest BCUT2D eigenvalue weighted by Crippen LogP contribution is 2.34. The molecule has 0 atom stereocenters. The van der Waals surface area contributed by atoms with Crippen LogP contribution in [-0.4, -0.2) is 33.9 Å². The van der Waals surface area contributed by atoms with Gasteiger partial charge in [0, 0.05) is 25.1 Å². The van der Waals surface area contributed by atoms with E-state index in [-0.39, 0.29) is 17.4 Å². The molecule has 0 spiro atoms. The standard InChI is InChI=1S/C19H18N4O3S/c24-19(21-14-5-1-3-7-16(14)23(25)26)22-11-9-13(10-12-22)18-20-15-6-2-4-8-17(15)27-18/h1-8,13H,9-12H2,(H,21,24). The molecule has 0 unspecified atom stereocenters. The zero-order chi connectivity index (χ0) is 18.8. The fourth-order valence-corrected chi connectivity index (χ4v) is 4.46. The molecule has 0 aliphatic carbocycles. The summed E-state index contributed by atoms with van der Waals surface area (Å²) < 4.78 is 1.18. The van der Waals surface area contributed by atoms with Gasteiger partial charge in [-0.05, 0) is 31.0 Å². The average Bonchev–Trinajstić information content (AvgIpc) is 3.12. The van der Waals surface area contributed by atoms with E-state index in [9.17, 15) is 14.9 Å². The number of likely N-dealkylation sites (tertiary alicyclic amines) is 1. The Labute approximate surface area is 159 Å². The Morgan fingerprint density at radius 2 is 1.85 bits per heavy atom. The van der Waals surface area contributed by atoms with Crippen molar-refractivity contribution in [3.63, 3.8) is 0 Å². The number of aromatic nitrogens is 1. The van der Waals surface area contributed by atoms with E-state index in [2.05, 4.69) is 11.4 Å². The van der Waals surface area contributed by atoms with Gasteiger partial charge < -0.3 is 10.2 Å². The number of carbonyl (C=O) groups excluding carboxylic acids is 1. The van der Waals surface area contributed by atoms with E-state index in [1.165, 1.54) is 10.8 Å². The molecule has 1 aromatic heterocycles. The molecule has 27 heavy (non-hydrogen) atoms. The second-order valence-electron chi connectivity index (χ2n) is 6.49. The van der Waals surface area contributed by atoms with E-state index < -0.39 is 4.92 Å². The van der Waals surface area contributed by atoms with Crippen LogP contribution in [0.2, 0.25) is 0 Å². The topological polar surface area (TPSA) is 88.4 Å². The molecule has 0 saturated carbocycles. The number of amides is 2. The number of piperidine rings is 1. The van der Waals surface area contributed by atoms with Gasteiger partial charge in [0.2, 0.25) is 0 Å². The molecule has 8 heteroatoms. The number of benzene rings is 2. The third kappa shape index (κ3) is 3.61. The fourth-order valence-electron chi connectivity index (χ4n) is 3.33. The summed E-state index contributed by atoms with van der Waals surface area (Å²) in [5, 5.41) is 14.9. The first kappa shape index (κ1) is 17.4. The Morgan fingerprint density at radius 1 is 1.15 bits per heavy atom. The van der Waals surface area contributed by atoms with Crippen molar-refractivity contribution in [2.75, 3.05) is 18.4 Å². The summed E-state index contributed by atoms with van der Waals surface area (Å²) in [6.07, 6.45) is 1.67. The Kier molecular flexibility index (Phi) is 4.72. The lowest BCUT2D eigenvalue weighted by Gasteiger charge is -2.31. The highest BCUT2D eigenvalue weighted by Gasteiger charge is 2.27. The van der Waals surface area contributed by atoms with Crippen LogP contribution in [-0.2, 0) is 0 Å². The monoisotopic (exact) mass is 382 g/mol. The number of para-hydroxylation sites is 3. The predicted molar refractivity (Wildman–Crippen MR) is 105 cm³/mol. The number of rotatable bonds is 3. The Balaban J connectivity index is 1.40. The number of fused-ring (bicyclic) bond motifs is 1. The number of hydrogen-bond donors (Lipinski definition) is 1. The number of nitrogens with one attached hydrogen (secondary N) is 1. The van der Waals surface area contributed by atoms with E-state index in [1.54, 1.807) is 34.4 Å². The minimum atomic E-state index is -0.491. The molecule has 2 amide bonds. The maximum Gasteiger partial charge on any atom is 0.322 e. The summed E-state index contributed by atoms with van der Waals surface area (Å²) in [7, 11) is 0. The van der Waals surface area contributed by atoms with Crippen molar-refractivity contribution >= 4 is 39.0 Å². The van der Waals surface area contributed by atoms with Crippen molar-refractivity contribution in [3.8, 4) is 0 Å². The van der Waals surface area contributed by atoms with Crippen molar-refractivity contribution in [1.82, 2.24) is 9.88 Å². The second-order valence-corrected chi connectivity index (χ2v) is 7.55. The molecule has 1 saturated heterocycles. The summed E-state index contributed by atoms with van der Waals surface area (Å²) in [5.74, 6) is 0.345. The molecule has 2 aromatic carbocycles. The number of thiazole rings is 1.